The standard InChI is InChI=1S/C11H15F3N4O2/c12-11(13,14)7-15-10(19)17-9-1-3-16-18(9)5-8-2-4-20-6-8/h1,3,8H,2,4-7H2,(H2,15,17,19). The highest BCUT2D eigenvalue weighted by Gasteiger charge is 2.28. The van der Waals surface area contributed by atoms with E-state index in [1.54, 1.807) is 10.00 Å². The largest absolute Gasteiger partial charge is 0.405 e. The summed E-state index contributed by atoms with van der Waals surface area (Å²) in [6.45, 7) is 0.506. The number of hydrogen-bond donors (Lipinski definition) is 2. The summed E-state index contributed by atoms with van der Waals surface area (Å²) < 4.78 is 42.7. The number of nitrogens with one attached hydrogen (secondary N) is 2. The molecular weight excluding hydrogens is 277 g/mol. The average Bonchev–Trinajstić information content (AvgIpc) is 2.99. The summed E-state index contributed by atoms with van der Waals surface area (Å²) in [5.41, 5.74) is 0. The molecule has 1 aliphatic rings. The van der Waals surface area contributed by atoms with Crippen LogP contribution in [-0.2, 0) is 11.3 Å². The molecule has 2 amide bonds. The number of carbonyl (C=O) groups is 1. The van der Waals surface area contributed by atoms with Gasteiger partial charge in [-0.25, -0.2) is 9.48 Å². The second-order valence-electron chi connectivity index (χ2n) is 4.55. The maximum atomic E-state index is 12.0. The van der Waals surface area contributed by atoms with Crippen LogP contribution in [0.25, 0.3) is 0 Å². The van der Waals surface area contributed by atoms with Crippen molar-refractivity contribution >= 4 is 11.8 Å². The molecule has 1 fully saturated rings. The lowest BCUT2D eigenvalue weighted by molar-refractivity contribution is -0.122. The summed E-state index contributed by atoms with van der Waals surface area (Å²) in [6.07, 6.45) is -2.05. The van der Waals surface area contributed by atoms with Crippen molar-refractivity contribution < 1.29 is 22.7 Å². The van der Waals surface area contributed by atoms with Gasteiger partial charge < -0.3 is 10.1 Å². The number of hydrogen-bond acceptors (Lipinski definition) is 3. The number of amides is 2. The van der Waals surface area contributed by atoms with Crippen LogP contribution in [0.2, 0.25) is 0 Å². The Morgan fingerprint density at radius 1 is 1.55 bits per heavy atom. The number of rotatable bonds is 4. The van der Waals surface area contributed by atoms with Gasteiger partial charge in [-0.3, -0.25) is 5.32 Å². The van der Waals surface area contributed by atoms with Crippen molar-refractivity contribution in [2.75, 3.05) is 25.1 Å². The molecule has 0 radical (unpaired) electrons. The Morgan fingerprint density at radius 2 is 2.35 bits per heavy atom. The molecule has 112 valence electrons. The van der Waals surface area contributed by atoms with Crippen LogP contribution in [0.3, 0.4) is 0 Å². The fraction of sp³-hybridized carbons (Fsp3) is 0.636. The number of anilines is 1. The van der Waals surface area contributed by atoms with Crippen LogP contribution in [0.1, 0.15) is 6.42 Å². The highest BCUT2D eigenvalue weighted by atomic mass is 19.4. The number of aromatic nitrogens is 2. The number of alkyl halides is 3. The molecule has 1 unspecified atom stereocenters. The molecule has 0 saturated carbocycles. The van der Waals surface area contributed by atoms with Crippen LogP contribution < -0.4 is 10.6 Å². The minimum absolute atomic E-state index is 0.300. The zero-order valence-electron chi connectivity index (χ0n) is 10.6. The molecule has 2 N–H and O–H groups in total. The molecule has 0 bridgehead atoms. The molecular formula is C11H15F3N4O2. The SMILES string of the molecule is O=C(NCC(F)(F)F)Nc1ccnn1CC1CCOC1. The molecule has 0 aromatic carbocycles. The van der Waals surface area contributed by atoms with Gasteiger partial charge in [-0.1, -0.05) is 0 Å². The molecule has 6 nitrogen and oxygen atoms in total. The monoisotopic (exact) mass is 292 g/mol. The first-order valence-corrected chi connectivity index (χ1v) is 6.15. The van der Waals surface area contributed by atoms with E-state index in [-0.39, 0.29) is 0 Å². The first kappa shape index (κ1) is 14.6. The predicted molar refractivity (Wildman–Crippen MR) is 64.2 cm³/mol. The third kappa shape index (κ3) is 4.41. The molecule has 20 heavy (non-hydrogen) atoms. The second-order valence-corrected chi connectivity index (χ2v) is 4.55. The molecule has 0 spiro atoms. The van der Waals surface area contributed by atoms with Crippen LogP contribution in [0.4, 0.5) is 23.8 Å². The van der Waals surface area contributed by atoms with Gasteiger partial charge in [0.15, 0.2) is 0 Å². The molecule has 1 aromatic rings. The molecule has 2 rings (SSSR count). The summed E-state index contributed by atoms with van der Waals surface area (Å²) in [5, 5.41) is 8.13. The molecule has 1 saturated heterocycles. The van der Waals surface area contributed by atoms with Crippen molar-refractivity contribution in [1.82, 2.24) is 15.1 Å². The number of nitrogens with zero attached hydrogens (tertiary/aromatic N) is 2. The highest BCUT2D eigenvalue weighted by Crippen LogP contribution is 2.17. The first-order chi connectivity index (χ1) is 9.44. The molecule has 2 heterocycles. The van der Waals surface area contributed by atoms with Crippen molar-refractivity contribution in [3.8, 4) is 0 Å². The van der Waals surface area contributed by atoms with Crippen LogP contribution in [-0.4, -0.2) is 41.7 Å². The zero-order valence-corrected chi connectivity index (χ0v) is 10.6. The van der Waals surface area contributed by atoms with Gasteiger partial charge in [-0.05, 0) is 6.42 Å². The Balaban J connectivity index is 1.86. The van der Waals surface area contributed by atoms with E-state index in [1.165, 1.54) is 12.3 Å². The van der Waals surface area contributed by atoms with E-state index in [4.69, 9.17) is 4.74 Å². The minimum Gasteiger partial charge on any atom is -0.381 e. The molecule has 9 heteroatoms. The summed E-state index contributed by atoms with van der Waals surface area (Å²) in [7, 11) is 0. The Hall–Kier alpha value is -1.77. The summed E-state index contributed by atoms with van der Waals surface area (Å²) in [4.78, 5) is 11.4. The Bertz CT molecular complexity index is 455. The van der Waals surface area contributed by atoms with Crippen molar-refractivity contribution in [2.24, 2.45) is 5.92 Å². The third-order valence-electron chi connectivity index (χ3n) is 2.86. The fourth-order valence-electron chi connectivity index (χ4n) is 1.90. The molecule has 1 aromatic heterocycles. The van der Waals surface area contributed by atoms with Crippen molar-refractivity contribution in [3.63, 3.8) is 0 Å². The van der Waals surface area contributed by atoms with Crippen LogP contribution in [0.5, 0.6) is 0 Å². The third-order valence-corrected chi connectivity index (χ3v) is 2.86. The minimum atomic E-state index is -4.43. The van der Waals surface area contributed by atoms with E-state index in [1.807, 2.05) is 0 Å². The lowest BCUT2D eigenvalue weighted by Gasteiger charge is -2.13. The highest BCUT2D eigenvalue weighted by molar-refractivity contribution is 5.88. The van der Waals surface area contributed by atoms with Gasteiger partial charge in [0.1, 0.15) is 12.4 Å². The first-order valence-electron chi connectivity index (χ1n) is 6.15. The maximum Gasteiger partial charge on any atom is 0.405 e. The summed E-state index contributed by atoms with van der Waals surface area (Å²) in [6, 6.07) is 0.620. The topological polar surface area (TPSA) is 68.2 Å². The van der Waals surface area contributed by atoms with Crippen molar-refractivity contribution in [1.29, 1.82) is 0 Å². The van der Waals surface area contributed by atoms with Gasteiger partial charge >= 0.3 is 12.2 Å². The van der Waals surface area contributed by atoms with Gasteiger partial charge in [0.05, 0.1) is 12.8 Å². The van der Waals surface area contributed by atoms with Gasteiger partial charge in [-0.15, -0.1) is 0 Å². The van der Waals surface area contributed by atoms with E-state index in [0.717, 1.165) is 6.42 Å². The van der Waals surface area contributed by atoms with E-state index < -0.39 is 18.8 Å². The number of halogens is 3. The number of carbonyl (C=O) groups excluding carboxylic acids is 1. The van der Waals surface area contributed by atoms with Crippen LogP contribution in [0, 0.1) is 5.92 Å². The normalized spacial score (nSPS) is 19.1. The van der Waals surface area contributed by atoms with Crippen LogP contribution >= 0.6 is 0 Å². The quantitative estimate of drug-likeness (QED) is 0.885. The predicted octanol–water partition coefficient (Wildman–Crippen LogP) is 1.60. The van der Waals surface area contributed by atoms with E-state index in [0.29, 0.717) is 31.5 Å². The van der Waals surface area contributed by atoms with Gasteiger partial charge in [0.25, 0.3) is 0 Å². The van der Waals surface area contributed by atoms with Crippen LogP contribution in [0.15, 0.2) is 12.3 Å². The van der Waals surface area contributed by atoms with E-state index in [9.17, 15) is 18.0 Å². The Morgan fingerprint density at radius 3 is 3.00 bits per heavy atom. The zero-order chi connectivity index (χ0) is 14.6. The lowest BCUT2D eigenvalue weighted by Crippen LogP contribution is -2.37. The molecule has 1 atom stereocenters. The maximum absolute atomic E-state index is 12.0. The number of urea groups is 1. The Kier molecular flexibility index (Phi) is 4.48. The van der Waals surface area contributed by atoms with Gasteiger partial charge in [0, 0.05) is 25.1 Å². The average molecular weight is 292 g/mol. The molecule has 0 aliphatic carbocycles. The van der Waals surface area contributed by atoms with Crippen molar-refractivity contribution in [2.45, 2.75) is 19.1 Å². The van der Waals surface area contributed by atoms with E-state index in [2.05, 4.69) is 10.4 Å². The number of ether oxygens (including phenoxy) is 1. The summed E-state index contributed by atoms with van der Waals surface area (Å²) in [5.74, 6) is 0.658. The molecule has 1 aliphatic heterocycles. The van der Waals surface area contributed by atoms with E-state index >= 15 is 0 Å². The second kappa shape index (κ2) is 6.12. The van der Waals surface area contributed by atoms with Gasteiger partial charge in [-0.2, -0.15) is 18.3 Å². The fourth-order valence-corrected chi connectivity index (χ4v) is 1.90. The smallest absolute Gasteiger partial charge is 0.381 e. The Labute approximate surface area is 113 Å². The lowest BCUT2D eigenvalue weighted by atomic mass is 10.1. The summed E-state index contributed by atoms with van der Waals surface area (Å²) >= 11 is 0. The van der Waals surface area contributed by atoms with Gasteiger partial charge in [0.2, 0.25) is 0 Å². The van der Waals surface area contributed by atoms with Crippen molar-refractivity contribution in [3.05, 3.63) is 12.3 Å².